The van der Waals surface area contributed by atoms with Gasteiger partial charge in [-0.05, 0) is 19.3 Å². The molecule has 1 rings (SSSR count). The summed E-state index contributed by atoms with van der Waals surface area (Å²) in [7, 11) is 3.40. The van der Waals surface area contributed by atoms with Crippen LogP contribution in [0, 0.1) is 10.8 Å². The highest BCUT2D eigenvalue weighted by Crippen LogP contribution is 2.41. The van der Waals surface area contributed by atoms with Crippen LogP contribution >= 0.6 is 17.3 Å². The lowest BCUT2D eigenvalue weighted by Gasteiger charge is -2.46. The number of hydrogen-bond donors (Lipinski definition) is 2. The average Bonchev–Trinajstić information content (AvgIpc) is 2.35. The van der Waals surface area contributed by atoms with E-state index in [-0.39, 0.29) is 22.9 Å². The van der Waals surface area contributed by atoms with Crippen molar-refractivity contribution in [3.63, 3.8) is 0 Å². The van der Waals surface area contributed by atoms with Crippen LogP contribution in [0.4, 0.5) is 4.79 Å². The highest BCUT2D eigenvalue weighted by Gasteiger charge is 2.44. The van der Waals surface area contributed by atoms with Gasteiger partial charge in [0.2, 0.25) is 0 Å². The number of nitrogens with one attached hydrogen (secondary N) is 2. The van der Waals surface area contributed by atoms with E-state index in [1.165, 1.54) is 0 Å². The van der Waals surface area contributed by atoms with Crippen LogP contribution in [0.5, 0.6) is 0 Å². The largest absolute Gasteiger partial charge is 0.333 e. The normalized spacial score (nSPS) is 28.1. The van der Waals surface area contributed by atoms with Gasteiger partial charge in [0.15, 0.2) is 0 Å². The smallest absolute Gasteiger partial charge is 0.316 e. The Labute approximate surface area is 115 Å². The molecule has 1 heterocycles. The zero-order chi connectivity index (χ0) is 14.1. The molecule has 0 aromatic carbocycles. The van der Waals surface area contributed by atoms with Gasteiger partial charge in [-0.2, -0.15) is 0 Å². The van der Waals surface area contributed by atoms with E-state index in [2.05, 4.69) is 65.8 Å². The zero-order valence-electron chi connectivity index (χ0n) is 12.3. The summed E-state index contributed by atoms with van der Waals surface area (Å²) in [5.74, 6) is 0. The molecular formula is C12H27N3OP2. The van der Waals surface area contributed by atoms with Crippen molar-refractivity contribution < 1.29 is 4.79 Å². The van der Waals surface area contributed by atoms with Crippen LogP contribution in [0.2, 0.25) is 0 Å². The number of carbonyl (C=O) groups is 1. The number of amides is 2. The molecule has 106 valence electrons. The summed E-state index contributed by atoms with van der Waals surface area (Å²) in [4.78, 5) is 11.8. The zero-order valence-corrected chi connectivity index (χ0v) is 14.4. The number of rotatable bonds is 1. The topological polar surface area (TPSA) is 44.4 Å². The first-order chi connectivity index (χ1) is 8.07. The van der Waals surface area contributed by atoms with Gasteiger partial charge in [-0.25, -0.2) is 4.79 Å². The van der Waals surface area contributed by atoms with E-state index in [1.807, 2.05) is 0 Å². The fourth-order valence-electron chi connectivity index (χ4n) is 2.49. The third-order valence-corrected chi connectivity index (χ3v) is 5.10. The Balaban J connectivity index is 3.16. The second-order valence-electron chi connectivity index (χ2n) is 7.06. The molecule has 0 spiro atoms. The lowest BCUT2D eigenvalue weighted by molar-refractivity contribution is 0.0988. The first-order valence-electron chi connectivity index (χ1n) is 6.34. The summed E-state index contributed by atoms with van der Waals surface area (Å²) < 4.78 is 2.35. The van der Waals surface area contributed by atoms with E-state index >= 15 is 0 Å². The summed E-state index contributed by atoms with van der Waals surface area (Å²) in [6.45, 7) is 13.9. The van der Waals surface area contributed by atoms with Gasteiger partial charge < -0.3 is 10.6 Å². The number of nitrogens with zero attached hydrogens (tertiary/aromatic N) is 1. The highest BCUT2D eigenvalue weighted by atomic mass is 32.0. The molecule has 2 N–H and O–H groups in total. The lowest BCUT2D eigenvalue weighted by atomic mass is 9.73. The monoisotopic (exact) mass is 291 g/mol. The van der Waals surface area contributed by atoms with Crippen molar-refractivity contribution >= 4 is 23.4 Å². The molecule has 0 saturated carbocycles. The van der Waals surface area contributed by atoms with Gasteiger partial charge in [0.05, 0.1) is 12.7 Å². The van der Waals surface area contributed by atoms with Gasteiger partial charge in [0, 0.05) is 6.04 Å². The molecule has 1 saturated heterocycles. The first-order valence-corrected chi connectivity index (χ1v) is 9.10. The minimum atomic E-state index is -0.0603. The Kier molecular flexibility index (Phi) is 5.03. The second kappa shape index (κ2) is 5.61. The van der Waals surface area contributed by atoms with Crippen LogP contribution in [0.15, 0.2) is 0 Å². The van der Waals surface area contributed by atoms with Crippen LogP contribution in [-0.2, 0) is 0 Å². The van der Waals surface area contributed by atoms with Gasteiger partial charge in [0.25, 0.3) is 0 Å². The van der Waals surface area contributed by atoms with E-state index in [9.17, 15) is 4.79 Å². The Bertz CT molecular complexity index is 309. The molecule has 4 unspecified atom stereocenters. The number of hydrogen-bond acceptors (Lipinski definition) is 2. The van der Waals surface area contributed by atoms with E-state index in [4.69, 9.17) is 0 Å². The van der Waals surface area contributed by atoms with Gasteiger partial charge in [-0.3, -0.25) is 4.67 Å². The van der Waals surface area contributed by atoms with Crippen LogP contribution in [0.25, 0.3) is 0 Å². The molecule has 0 bridgehead atoms. The van der Waals surface area contributed by atoms with Gasteiger partial charge in [-0.1, -0.05) is 50.5 Å². The van der Waals surface area contributed by atoms with Gasteiger partial charge in [-0.15, -0.1) is 0 Å². The van der Waals surface area contributed by atoms with Crippen molar-refractivity contribution in [3.05, 3.63) is 0 Å². The van der Waals surface area contributed by atoms with Crippen molar-refractivity contribution in [2.24, 2.45) is 10.8 Å². The molecule has 4 nitrogen and oxygen atoms in total. The molecule has 0 aliphatic carbocycles. The van der Waals surface area contributed by atoms with E-state index in [0.717, 1.165) is 0 Å². The molecule has 1 aliphatic rings. The summed E-state index contributed by atoms with van der Waals surface area (Å²) in [6, 6.07) is 0.384. The molecule has 4 atom stereocenters. The molecule has 0 aromatic rings. The Morgan fingerprint density at radius 2 is 1.78 bits per heavy atom. The van der Waals surface area contributed by atoms with E-state index in [1.54, 1.807) is 0 Å². The molecular weight excluding hydrogens is 264 g/mol. The van der Waals surface area contributed by atoms with E-state index < -0.39 is 0 Å². The van der Waals surface area contributed by atoms with Crippen LogP contribution in [0.3, 0.4) is 0 Å². The fourth-order valence-corrected chi connectivity index (χ4v) is 4.11. The summed E-state index contributed by atoms with van der Waals surface area (Å²) in [5, 5.41) is 6.06. The number of urea groups is 1. The molecule has 2 amide bonds. The molecule has 0 radical (unpaired) electrons. The van der Waals surface area contributed by atoms with Gasteiger partial charge >= 0.3 is 6.03 Å². The summed E-state index contributed by atoms with van der Waals surface area (Å²) in [5.41, 5.74) is 0.142. The van der Waals surface area contributed by atoms with Crippen molar-refractivity contribution in [1.82, 2.24) is 15.3 Å². The maximum Gasteiger partial charge on any atom is 0.316 e. The molecule has 0 aromatic heterocycles. The van der Waals surface area contributed by atoms with Crippen molar-refractivity contribution in [3.8, 4) is 0 Å². The fraction of sp³-hybridized carbons (Fsp3) is 0.917. The Morgan fingerprint density at radius 3 is 2.17 bits per heavy atom. The average molecular weight is 291 g/mol. The minimum absolute atomic E-state index is 0.0300. The maximum absolute atomic E-state index is 11.8. The van der Waals surface area contributed by atoms with Crippen LogP contribution < -0.4 is 10.6 Å². The van der Waals surface area contributed by atoms with Crippen molar-refractivity contribution in [2.45, 2.75) is 53.6 Å². The lowest BCUT2D eigenvalue weighted by Crippen LogP contribution is -2.57. The summed E-state index contributed by atoms with van der Waals surface area (Å²) >= 11 is 0. The molecule has 6 heteroatoms. The van der Waals surface area contributed by atoms with Crippen LogP contribution in [-0.4, -0.2) is 29.5 Å². The van der Waals surface area contributed by atoms with Gasteiger partial charge in [0.1, 0.15) is 0 Å². The number of carbonyl (C=O) groups excluding carboxylic acids is 1. The first kappa shape index (κ1) is 16.1. The standard InChI is InChI=1S/C12H27N3OP2/c1-11(2,3)8-9(12(4,5)6)15(18-17)7-13-10(16)14-8/h8-9,18H,7,17H2,1-6H3,(H2,13,14,16). The van der Waals surface area contributed by atoms with E-state index in [0.29, 0.717) is 21.1 Å². The molecule has 1 fully saturated rings. The summed E-state index contributed by atoms with van der Waals surface area (Å²) in [6.07, 6.45) is 0. The Hall–Kier alpha value is 0.0900. The van der Waals surface area contributed by atoms with Crippen molar-refractivity contribution in [1.29, 1.82) is 0 Å². The third kappa shape index (κ3) is 3.79. The molecule has 18 heavy (non-hydrogen) atoms. The maximum atomic E-state index is 11.8. The second-order valence-corrected chi connectivity index (χ2v) is 8.67. The Morgan fingerprint density at radius 1 is 1.22 bits per heavy atom. The predicted molar refractivity (Wildman–Crippen MR) is 82.9 cm³/mol. The van der Waals surface area contributed by atoms with Crippen molar-refractivity contribution in [2.75, 3.05) is 6.67 Å². The quantitative estimate of drug-likeness (QED) is 0.730. The molecule has 1 aliphatic heterocycles. The van der Waals surface area contributed by atoms with Crippen LogP contribution in [0.1, 0.15) is 41.5 Å². The third-order valence-electron chi connectivity index (χ3n) is 3.33. The minimum Gasteiger partial charge on any atom is -0.333 e. The predicted octanol–water partition coefficient (Wildman–Crippen LogP) is 2.77. The SMILES string of the molecule is CC(C)(C)C1NC(=O)NCN(PP)C1C(C)(C)C. The highest BCUT2D eigenvalue weighted by molar-refractivity contribution is 8.01.